The highest BCUT2D eigenvalue weighted by Gasteiger charge is 2.46. The Balaban J connectivity index is 2.15. The van der Waals surface area contributed by atoms with E-state index in [4.69, 9.17) is 4.74 Å². The number of hydrogen-bond donors (Lipinski definition) is 0. The molecule has 0 aromatic carbocycles. The van der Waals surface area contributed by atoms with Gasteiger partial charge < -0.3 is 4.74 Å². The predicted molar refractivity (Wildman–Crippen MR) is 70.3 cm³/mol. The van der Waals surface area contributed by atoms with Crippen molar-refractivity contribution in [2.24, 2.45) is 0 Å². The van der Waals surface area contributed by atoms with Gasteiger partial charge in [-0.3, -0.25) is 0 Å². The van der Waals surface area contributed by atoms with Crippen molar-refractivity contribution in [3.8, 4) is 0 Å². The van der Waals surface area contributed by atoms with Gasteiger partial charge in [0, 0.05) is 0 Å². The summed E-state index contributed by atoms with van der Waals surface area (Å²) in [6.45, 7) is 12.5. The van der Waals surface area contributed by atoms with Gasteiger partial charge in [-0.1, -0.05) is 23.3 Å². The zero-order valence-corrected chi connectivity index (χ0v) is 11.2. The molecule has 1 saturated heterocycles. The van der Waals surface area contributed by atoms with Crippen LogP contribution in [-0.4, -0.2) is 11.7 Å². The highest BCUT2D eigenvalue weighted by atomic mass is 16.6. The first-order chi connectivity index (χ1) is 7.45. The lowest BCUT2D eigenvalue weighted by Gasteiger charge is -2.01. The molecule has 0 aromatic rings. The van der Waals surface area contributed by atoms with Gasteiger partial charge in [0.05, 0.1) is 11.7 Å². The Bertz CT molecular complexity index is 284. The van der Waals surface area contributed by atoms with Crippen LogP contribution in [0.1, 0.15) is 53.4 Å². The van der Waals surface area contributed by atoms with E-state index < -0.39 is 0 Å². The minimum absolute atomic E-state index is 0.146. The fraction of sp³-hybridized carbons (Fsp3) is 0.667. The van der Waals surface area contributed by atoms with Gasteiger partial charge in [0.25, 0.3) is 0 Å². The summed E-state index contributed by atoms with van der Waals surface area (Å²) in [6.07, 6.45) is 9.38. The molecule has 1 radical (unpaired) electrons. The lowest BCUT2D eigenvalue weighted by Crippen LogP contribution is -2.02. The highest BCUT2D eigenvalue weighted by Crippen LogP contribution is 2.38. The topological polar surface area (TPSA) is 12.5 Å². The second kappa shape index (κ2) is 5.67. The maximum Gasteiger partial charge on any atom is 0.0892 e. The maximum atomic E-state index is 5.57. The lowest BCUT2D eigenvalue weighted by atomic mass is 10.0. The number of allylic oxidation sites excluding steroid dienone is 4. The zero-order valence-electron chi connectivity index (χ0n) is 11.2. The van der Waals surface area contributed by atoms with Crippen LogP contribution in [0.4, 0.5) is 0 Å². The van der Waals surface area contributed by atoms with Gasteiger partial charge >= 0.3 is 0 Å². The van der Waals surface area contributed by atoms with Crippen molar-refractivity contribution in [3.63, 3.8) is 0 Å². The van der Waals surface area contributed by atoms with Crippen LogP contribution in [0, 0.1) is 6.92 Å². The van der Waals surface area contributed by atoms with E-state index in [0.717, 1.165) is 12.8 Å². The van der Waals surface area contributed by atoms with Crippen LogP contribution < -0.4 is 0 Å². The summed E-state index contributed by atoms with van der Waals surface area (Å²) >= 11 is 0. The van der Waals surface area contributed by atoms with E-state index in [1.54, 1.807) is 0 Å². The molecule has 1 nitrogen and oxygen atoms in total. The quantitative estimate of drug-likeness (QED) is 0.477. The molecular formula is C15H25O. The molecule has 0 bridgehead atoms. The standard InChI is InChI=1S/C15H25O/c1-6-12(2)8-7-9-13(3)10-11-14-15(4,5)16-14/h6,9,14H,1,7-8,10-11H2,2-5H3/b12-6+,13-9+. The molecule has 1 aliphatic heterocycles. The largest absolute Gasteiger partial charge is 0.367 e. The maximum absolute atomic E-state index is 5.57. The van der Waals surface area contributed by atoms with E-state index in [9.17, 15) is 0 Å². The Morgan fingerprint density at radius 3 is 2.38 bits per heavy atom. The molecule has 1 aliphatic rings. The summed E-state index contributed by atoms with van der Waals surface area (Å²) in [5.41, 5.74) is 3.01. The SMILES string of the molecule is [CH2]/C=C(\C)CC/C=C(\C)CCC1OC1(C)C. The summed E-state index contributed by atoms with van der Waals surface area (Å²) < 4.78 is 5.57. The third-order valence-electron chi connectivity index (χ3n) is 3.34. The van der Waals surface area contributed by atoms with E-state index >= 15 is 0 Å². The van der Waals surface area contributed by atoms with Gasteiger partial charge in [-0.2, -0.15) is 0 Å². The van der Waals surface area contributed by atoms with Crippen molar-refractivity contribution in [1.29, 1.82) is 0 Å². The molecule has 0 amide bonds. The van der Waals surface area contributed by atoms with Crippen molar-refractivity contribution in [3.05, 3.63) is 30.2 Å². The third-order valence-corrected chi connectivity index (χ3v) is 3.34. The first-order valence-electron chi connectivity index (χ1n) is 6.24. The van der Waals surface area contributed by atoms with Crippen LogP contribution in [0.25, 0.3) is 0 Å². The smallest absolute Gasteiger partial charge is 0.0892 e. The first kappa shape index (κ1) is 13.5. The van der Waals surface area contributed by atoms with Gasteiger partial charge in [-0.25, -0.2) is 0 Å². The molecule has 0 N–H and O–H groups in total. The van der Waals surface area contributed by atoms with Crippen molar-refractivity contribution >= 4 is 0 Å². The molecular weight excluding hydrogens is 196 g/mol. The van der Waals surface area contributed by atoms with Gasteiger partial charge in [0.15, 0.2) is 0 Å². The summed E-state index contributed by atoms with van der Waals surface area (Å²) in [4.78, 5) is 0. The summed E-state index contributed by atoms with van der Waals surface area (Å²) in [5, 5.41) is 0. The average molecular weight is 221 g/mol. The van der Waals surface area contributed by atoms with E-state index in [-0.39, 0.29) is 5.60 Å². The fourth-order valence-electron chi connectivity index (χ4n) is 1.85. The lowest BCUT2D eigenvalue weighted by molar-refractivity contribution is 0.320. The molecule has 0 spiro atoms. The van der Waals surface area contributed by atoms with E-state index in [1.165, 1.54) is 24.0 Å². The van der Waals surface area contributed by atoms with Crippen LogP contribution in [0.15, 0.2) is 23.3 Å². The molecule has 16 heavy (non-hydrogen) atoms. The molecule has 1 fully saturated rings. The monoisotopic (exact) mass is 221 g/mol. The Hall–Kier alpha value is -0.560. The summed E-state index contributed by atoms with van der Waals surface area (Å²) in [6, 6.07) is 0. The molecule has 1 rings (SSSR count). The number of epoxide rings is 1. The minimum atomic E-state index is 0.146. The molecule has 1 heteroatoms. The van der Waals surface area contributed by atoms with Crippen LogP contribution in [0.5, 0.6) is 0 Å². The van der Waals surface area contributed by atoms with Gasteiger partial charge in [0.1, 0.15) is 0 Å². The molecule has 0 saturated carbocycles. The molecule has 0 aromatic heterocycles. The predicted octanol–water partition coefficient (Wildman–Crippen LogP) is 4.45. The Labute approximate surface area is 101 Å². The van der Waals surface area contributed by atoms with Crippen LogP contribution in [0.2, 0.25) is 0 Å². The van der Waals surface area contributed by atoms with E-state index in [2.05, 4.69) is 40.7 Å². The van der Waals surface area contributed by atoms with E-state index in [0.29, 0.717) is 6.10 Å². The highest BCUT2D eigenvalue weighted by molar-refractivity contribution is 5.06. The van der Waals surface area contributed by atoms with Gasteiger partial charge in [-0.15, -0.1) is 0 Å². The second-order valence-corrected chi connectivity index (χ2v) is 5.39. The van der Waals surface area contributed by atoms with Crippen molar-refractivity contribution in [2.45, 2.75) is 65.1 Å². The van der Waals surface area contributed by atoms with Gasteiger partial charge in [0.2, 0.25) is 0 Å². The Kier molecular flexibility index (Phi) is 4.79. The van der Waals surface area contributed by atoms with Crippen LogP contribution in [0.3, 0.4) is 0 Å². The van der Waals surface area contributed by atoms with Crippen molar-refractivity contribution in [2.75, 3.05) is 0 Å². The average Bonchev–Trinajstić information content (AvgIpc) is 2.83. The number of ether oxygens (including phenoxy) is 1. The van der Waals surface area contributed by atoms with Crippen LogP contribution >= 0.6 is 0 Å². The molecule has 91 valence electrons. The first-order valence-corrected chi connectivity index (χ1v) is 6.24. The normalized spacial score (nSPS) is 24.7. The van der Waals surface area contributed by atoms with Crippen molar-refractivity contribution < 1.29 is 4.74 Å². The van der Waals surface area contributed by atoms with Crippen molar-refractivity contribution in [1.82, 2.24) is 0 Å². The number of rotatable bonds is 6. The molecule has 0 aliphatic carbocycles. The molecule has 1 unspecified atom stereocenters. The Morgan fingerprint density at radius 1 is 1.25 bits per heavy atom. The zero-order chi connectivity index (χ0) is 12.2. The molecule has 1 heterocycles. The van der Waals surface area contributed by atoms with Crippen LogP contribution in [-0.2, 0) is 4.74 Å². The fourth-order valence-corrected chi connectivity index (χ4v) is 1.85. The summed E-state index contributed by atoms with van der Waals surface area (Å²) in [7, 11) is 0. The second-order valence-electron chi connectivity index (χ2n) is 5.39. The molecule has 1 atom stereocenters. The summed E-state index contributed by atoms with van der Waals surface area (Å²) in [5.74, 6) is 0. The van der Waals surface area contributed by atoms with Gasteiger partial charge in [-0.05, 0) is 60.3 Å². The van der Waals surface area contributed by atoms with E-state index in [1.807, 2.05) is 6.08 Å². The third kappa shape index (κ3) is 4.52. The Morgan fingerprint density at radius 2 is 1.88 bits per heavy atom. The number of hydrogen-bond acceptors (Lipinski definition) is 1. The minimum Gasteiger partial charge on any atom is -0.367 e.